The number of aliphatic hydroxyl groups is 3. The van der Waals surface area contributed by atoms with Crippen molar-refractivity contribution in [2.24, 2.45) is 0 Å². The van der Waals surface area contributed by atoms with E-state index in [1.165, 1.54) is 29.2 Å². The Bertz CT molecular complexity index is 807. The summed E-state index contributed by atoms with van der Waals surface area (Å²) in [5.41, 5.74) is 5.50. The van der Waals surface area contributed by atoms with E-state index in [9.17, 15) is 20.1 Å². The van der Waals surface area contributed by atoms with Crippen LogP contribution in [0.2, 0.25) is 0 Å². The molecule has 0 spiro atoms. The van der Waals surface area contributed by atoms with E-state index in [0.717, 1.165) is 0 Å². The molecule has 9 heteroatoms. The maximum absolute atomic E-state index is 12.0. The lowest BCUT2D eigenvalue weighted by molar-refractivity contribution is -0.0697. The zero-order valence-corrected chi connectivity index (χ0v) is 12.0. The first-order valence-electron chi connectivity index (χ1n) is 6.89. The maximum atomic E-state index is 12.0. The van der Waals surface area contributed by atoms with Crippen LogP contribution in [0.4, 0.5) is 5.82 Å². The number of aromatic nitrogens is 3. The molecule has 1 aliphatic heterocycles. The van der Waals surface area contributed by atoms with Crippen LogP contribution in [0.1, 0.15) is 6.23 Å². The highest BCUT2D eigenvalue weighted by Gasteiger charge is 2.46. The number of hydrogen-bond donors (Lipinski definition) is 4. The molecule has 0 aromatic carbocycles. The van der Waals surface area contributed by atoms with Gasteiger partial charge in [0.15, 0.2) is 17.3 Å². The van der Waals surface area contributed by atoms with E-state index in [1.807, 2.05) is 0 Å². The summed E-state index contributed by atoms with van der Waals surface area (Å²) in [6.07, 6.45) is -2.18. The number of rotatable bonds is 3. The van der Waals surface area contributed by atoms with Crippen LogP contribution in [0, 0.1) is 0 Å². The van der Waals surface area contributed by atoms with Crippen LogP contribution in [0.5, 0.6) is 0 Å². The Kier molecular flexibility index (Phi) is 3.86. The van der Waals surface area contributed by atoms with Crippen molar-refractivity contribution in [1.29, 1.82) is 0 Å². The molecule has 1 fully saturated rings. The van der Waals surface area contributed by atoms with Crippen LogP contribution in [0.25, 0.3) is 11.0 Å². The normalized spacial score (nSPS) is 28.8. The molecule has 23 heavy (non-hydrogen) atoms. The van der Waals surface area contributed by atoms with E-state index in [-0.39, 0.29) is 22.3 Å². The molecule has 3 heterocycles. The smallest absolute Gasteiger partial charge is 0.194 e. The van der Waals surface area contributed by atoms with Gasteiger partial charge in [-0.05, 0) is 0 Å². The minimum absolute atomic E-state index is 0.00469. The predicted octanol–water partition coefficient (Wildman–Crippen LogP) is -1.46. The van der Waals surface area contributed by atoms with Crippen molar-refractivity contribution in [3.05, 3.63) is 41.5 Å². The minimum atomic E-state index is -1.34. The van der Waals surface area contributed by atoms with E-state index < -0.39 is 30.6 Å². The van der Waals surface area contributed by atoms with E-state index in [4.69, 9.17) is 10.5 Å². The molecular formula is C14H16N4O5. The van der Waals surface area contributed by atoms with Crippen LogP contribution in [-0.2, 0) is 4.74 Å². The molecule has 2 aromatic rings. The molecule has 1 aliphatic rings. The molecule has 3 rings (SSSR count). The third kappa shape index (κ3) is 2.39. The first-order chi connectivity index (χ1) is 11.0. The highest BCUT2D eigenvalue weighted by Crippen LogP contribution is 2.32. The number of nitrogens with two attached hydrogens (primary N) is 1. The molecule has 0 amide bonds. The Morgan fingerprint density at radius 1 is 1.39 bits per heavy atom. The molecule has 0 unspecified atom stereocenters. The SMILES string of the molecule is C=C[C@@H](O)[C@H]1O[C@@H](n2ccc(=O)c3c(N)ncnc32)[C@H](O)[C@@H]1O. The maximum Gasteiger partial charge on any atom is 0.194 e. The molecule has 9 nitrogen and oxygen atoms in total. The molecule has 122 valence electrons. The zero-order chi connectivity index (χ0) is 16.7. The largest absolute Gasteiger partial charge is 0.387 e. The molecule has 5 N–H and O–H groups in total. The van der Waals surface area contributed by atoms with Crippen molar-refractivity contribution in [3.8, 4) is 0 Å². The van der Waals surface area contributed by atoms with E-state index >= 15 is 0 Å². The highest BCUT2D eigenvalue weighted by molar-refractivity contribution is 5.84. The summed E-state index contributed by atoms with van der Waals surface area (Å²) in [7, 11) is 0. The molecule has 2 aromatic heterocycles. The third-order valence-corrected chi connectivity index (χ3v) is 3.86. The Morgan fingerprint density at radius 3 is 2.83 bits per heavy atom. The van der Waals surface area contributed by atoms with Gasteiger partial charge in [-0.3, -0.25) is 4.79 Å². The average molecular weight is 320 g/mol. The zero-order valence-electron chi connectivity index (χ0n) is 12.0. The van der Waals surface area contributed by atoms with Gasteiger partial charge in [-0.25, -0.2) is 9.97 Å². The monoisotopic (exact) mass is 320 g/mol. The lowest BCUT2D eigenvalue weighted by Gasteiger charge is -2.20. The summed E-state index contributed by atoms with van der Waals surface area (Å²) in [6.45, 7) is 3.43. The van der Waals surface area contributed by atoms with Crippen LogP contribution in [0.3, 0.4) is 0 Å². The molecule has 0 aliphatic carbocycles. The number of hydrogen-bond acceptors (Lipinski definition) is 8. The summed E-state index contributed by atoms with van der Waals surface area (Å²) in [5.74, 6) is 0.00469. The van der Waals surface area contributed by atoms with Crippen LogP contribution >= 0.6 is 0 Å². The fourth-order valence-corrected chi connectivity index (χ4v) is 2.66. The number of aliphatic hydroxyl groups excluding tert-OH is 3. The van der Waals surface area contributed by atoms with Gasteiger partial charge in [-0.15, -0.1) is 6.58 Å². The number of nitrogen functional groups attached to an aromatic ring is 1. The number of fused-ring (bicyclic) bond motifs is 1. The van der Waals surface area contributed by atoms with Crippen molar-refractivity contribution < 1.29 is 20.1 Å². The second-order valence-electron chi connectivity index (χ2n) is 5.24. The van der Waals surface area contributed by atoms with Crippen molar-refractivity contribution in [2.45, 2.75) is 30.6 Å². The standard InChI is InChI=1S/C14H16N4O5/c1-2-6(19)11-9(21)10(22)14(23-11)18-4-3-7(20)8-12(15)16-5-17-13(8)18/h2-6,9-11,14,19,21-22H,1H2,(H2,15,16,17)/t6-,9+,10-,11-,14-/m1/s1. The number of nitrogens with zero attached hydrogens (tertiary/aromatic N) is 3. The van der Waals surface area contributed by atoms with Gasteiger partial charge < -0.3 is 30.4 Å². The first-order valence-corrected chi connectivity index (χ1v) is 6.89. The van der Waals surface area contributed by atoms with Crippen molar-refractivity contribution in [3.63, 3.8) is 0 Å². The van der Waals surface area contributed by atoms with Gasteiger partial charge in [0.05, 0.1) is 0 Å². The van der Waals surface area contributed by atoms with E-state index in [0.29, 0.717) is 0 Å². The summed E-state index contributed by atoms with van der Waals surface area (Å²) in [5, 5.41) is 30.2. The molecule has 0 saturated carbocycles. The number of pyridine rings is 1. The highest BCUT2D eigenvalue weighted by atomic mass is 16.6. The summed E-state index contributed by atoms with van der Waals surface area (Å²) in [6, 6.07) is 1.24. The van der Waals surface area contributed by atoms with Crippen LogP contribution < -0.4 is 11.2 Å². The van der Waals surface area contributed by atoms with Crippen molar-refractivity contribution in [2.75, 3.05) is 5.73 Å². The third-order valence-electron chi connectivity index (χ3n) is 3.86. The van der Waals surface area contributed by atoms with Crippen LogP contribution in [-0.4, -0.2) is 54.3 Å². The van der Waals surface area contributed by atoms with E-state index in [2.05, 4.69) is 16.5 Å². The van der Waals surface area contributed by atoms with Gasteiger partial charge in [-0.2, -0.15) is 0 Å². The Hall–Kier alpha value is -2.33. The second-order valence-corrected chi connectivity index (χ2v) is 5.24. The fraction of sp³-hybridized carbons (Fsp3) is 0.357. The van der Waals surface area contributed by atoms with E-state index in [1.54, 1.807) is 0 Å². The lowest BCUT2D eigenvalue weighted by atomic mass is 10.1. The number of anilines is 1. The van der Waals surface area contributed by atoms with Gasteiger partial charge in [0.25, 0.3) is 0 Å². The predicted molar refractivity (Wildman–Crippen MR) is 80.3 cm³/mol. The fourth-order valence-electron chi connectivity index (χ4n) is 2.66. The summed E-state index contributed by atoms with van der Waals surface area (Å²) in [4.78, 5) is 19.7. The topological polar surface area (TPSA) is 144 Å². The Labute approximate surface area is 130 Å². The lowest BCUT2D eigenvalue weighted by Crippen LogP contribution is -2.37. The summed E-state index contributed by atoms with van der Waals surface area (Å²) < 4.78 is 6.92. The Balaban J connectivity index is 2.11. The van der Waals surface area contributed by atoms with Gasteiger partial charge in [0.1, 0.15) is 41.9 Å². The molecule has 1 saturated heterocycles. The van der Waals surface area contributed by atoms with Crippen molar-refractivity contribution in [1.82, 2.24) is 14.5 Å². The molecule has 0 radical (unpaired) electrons. The van der Waals surface area contributed by atoms with Gasteiger partial charge >= 0.3 is 0 Å². The summed E-state index contributed by atoms with van der Waals surface area (Å²) >= 11 is 0. The first kappa shape index (κ1) is 15.6. The average Bonchev–Trinajstić information content (AvgIpc) is 2.83. The van der Waals surface area contributed by atoms with Crippen molar-refractivity contribution >= 4 is 16.9 Å². The quantitative estimate of drug-likeness (QED) is 0.502. The molecule has 0 bridgehead atoms. The minimum Gasteiger partial charge on any atom is -0.387 e. The number of ether oxygens (including phenoxy) is 1. The van der Waals surface area contributed by atoms with Crippen LogP contribution in [0.15, 0.2) is 36.0 Å². The van der Waals surface area contributed by atoms with Gasteiger partial charge in [0, 0.05) is 12.3 Å². The van der Waals surface area contributed by atoms with Gasteiger partial charge in [0.2, 0.25) is 0 Å². The molecular weight excluding hydrogens is 304 g/mol. The Morgan fingerprint density at radius 2 is 2.13 bits per heavy atom. The van der Waals surface area contributed by atoms with Gasteiger partial charge in [-0.1, -0.05) is 6.08 Å². The second kappa shape index (κ2) is 5.70. The molecule has 5 atom stereocenters.